The number of aromatic nitrogens is 1. The summed E-state index contributed by atoms with van der Waals surface area (Å²) in [5.41, 5.74) is 3.18. The third-order valence-corrected chi connectivity index (χ3v) is 2.96. The highest BCUT2D eigenvalue weighted by Gasteiger charge is 2.05. The number of carbonyl (C=O) groups is 1. The Labute approximate surface area is 118 Å². The summed E-state index contributed by atoms with van der Waals surface area (Å²) >= 11 is 0. The van der Waals surface area contributed by atoms with Crippen LogP contribution in [0, 0.1) is 18.3 Å². The van der Waals surface area contributed by atoms with Crippen LogP contribution in [0.2, 0.25) is 0 Å². The molecule has 1 amide bonds. The fourth-order valence-corrected chi connectivity index (χ4v) is 1.77. The SMILES string of the molecule is Cc1ccc(CCNC(=O)c2ccc(C#N)nc2)cc1. The average molecular weight is 265 g/mol. The normalized spacial score (nSPS) is 9.80. The van der Waals surface area contributed by atoms with Gasteiger partial charge < -0.3 is 5.32 Å². The minimum absolute atomic E-state index is 0.172. The van der Waals surface area contributed by atoms with Gasteiger partial charge in [-0.05, 0) is 31.0 Å². The van der Waals surface area contributed by atoms with Gasteiger partial charge in [-0.3, -0.25) is 4.79 Å². The van der Waals surface area contributed by atoms with Crippen LogP contribution in [-0.4, -0.2) is 17.4 Å². The number of benzene rings is 1. The lowest BCUT2D eigenvalue weighted by Gasteiger charge is -2.05. The van der Waals surface area contributed by atoms with E-state index in [1.807, 2.05) is 13.0 Å². The van der Waals surface area contributed by atoms with Crippen molar-refractivity contribution in [3.8, 4) is 6.07 Å². The third kappa shape index (κ3) is 3.66. The molecule has 0 saturated heterocycles. The highest BCUT2D eigenvalue weighted by molar-refractivity contribution is 5.93. The molecule has 0 aliphatic heterocycles. The van der Waals surface area contributed by atoms with Gasteiger partial charge in [0, 0.05) is 12.7 Å². The van der Waals surface area contributed by atoms with Crippen LogP contribution in [0.1, 0.15) is 27.2 Å². The predicted molar refractivity (Wildman–Crippen MR) is 76.2 cm³/mol. The van der Waals surface area contributed by atoms with Gasteiger partial charge in [-0.15, -0.1) is 0 Å². The molecule has 2 aromatic rings. The second kappa shape index (κ2) is 6.48. The molecule has 0 bridgehead atoms. The van der Waals surface area contributed by atoms with Gasteiger partial charge in [-0.2, -0.15) is 5.26 Å². The van der Waals surface area contributed by atoms with Crippen LogP contribution in [0.5, 0.6) is 0 Å². The first-order chi connectivity index (χ1) is 9.69. The van der Waals surface area contributed by atoms with Gasteiger partial charge in [0.25, 0.3) is 5.91 Å². The molecule has 0 atom stereocenters. The first-order valence-corrected chi connectivity index (χ1v) is 6.39. The second-order valence-electron chi connectivity index (χ2n) is 4.54. The van der Waals surface area contributed by atoms with Crippen molar-refractivity contribution >= 4 is 5.91 Å². The molecular formula is C16H15N3O. The summed E-state index contributed by atoms with van der Waals surface area (Å²) < 4.78 is 0. The van der Waals surface area contributed by atoms with Crippen molar-refractivity contribution < 1.29 is 4.79 Å². The fourth-order valence-electron chi connectivity index (χ4n) is 1.77. The zero-order valence-electron chi connectivity index (χ0n) is 11.3. The summed E-state index contributed by atoms with van der Waals surface area (Å²) in [7, 11) is 0. The maximum Gasteiger partial charge on any atom is 0.252 e. The third-order valence-electron chi connectivity index (χ3n) is 2.96. The predicted octanol–water partition coefficient (Wildman–Crippen LogP) is 2.23. The van der Waals surface area contributed by atoms with Crippen molar-refractivity contribution in [3.05, 3.63) is 65.0 Å². The van der Waals surface area contributed by atoms with Crippen LogP contribution in [-0.2, 0) is 6.42 Å². The Kier molecular flexibility index (Phi) is 4.46. The van der Waals surface area contributed by atoms with Gasteiger partial charge in [0.05, 0.1) is 5.56 Å². The first-order valence-electron chi connectivity index (χ1n) is 6.39. The molecule has 2 rings (SSSR count). The number of nitrogens with zero attached hydrogens (tertiary/aromatic N) is 2. The number of hydrogen-bond acceptors (Lipinski definition) is 3. The number of pyridine rings is 1. The highest BCUT2D eigenvalue weighted by Crippen LogP contribution is 2.04. The van der Waals surface area contributed by atoms with Gasteiger partial charge in [0.15, 0.2) is 0 Å². The van der Waals surface area contributed by atoms with Crippen LogP contribution in [0.25, 0.3) is 0 Å². The van der Waals surface area contributed by atoms with E-state index < -0.39 is 0 Å². The number of hydrogen-bond donors (Lipinski definition) is 1. The molecule has 0 spiro atoms. The molecule has 0 aliphatic rings. The van der Waals surface area contributed by atoms with Crippen LogP contribution in [0.4, 0.5) is 0 Å². The number of amides is 1. The molecule has 0 aliphatic carbocycles. The van der Waals surface area contributed by atoms with Crippen LogP contribution < -0.4 is 5.32 Å². The van der Waals surface area contributed by atoms with E-state index in [4.69, 9.17) is 5.26 Å². The van der Waals surface area contributed by atoms with Gasteiger partial charge in [-0.25, -0.2) is 4.98 Å². The molecule has 1 N–H and O–H groups in total. The van der Waals surface area contributed by atoms with E-state index in [0.717, 1.165) is 6.42 Å². The maximum atomic E-state index is 11.9. The van der Waals surface area contributed by atoms with Crippen LogP contribution in [0.15, 0.2) is 42.6 Å². The average Bonchev–Trinajstić information content (AvgIpc) is 2.49. The zero-order valence-corrected chi connectivity index (χ0v) is 11.3. The monoisotopic (exact) mass is 265 g/mol. The molecule has 4 nitrogen and oxygen atoms in total. The Morgan fingerprint density at radius 3 is 2.60 bits per heavy atom. The van der Waals surface area contributed by atoms with Crippen LogP contribution in [0.3, 0.4) is 0 Å². The van der Waals surface area contributed by atoms with E-state index in [1.165, 1.54) is 23.4 Å². The van der Waals surface area contributed by atoms with E-state index in [1.54, 1.807) is 6.07 Å². The Morgan fingerprint density at radius 2 is 2.00 bits per heavy atom. The minimum Gasteiger partial charge on any atom is -0.352 e. The van der Waals surface area contributed by atoms with E-state index in [0.29, 0.717) is 17.8 Å². The molecule has 0 fully saturated rings. The number of nitriles is 1. The summed E-state index contributed by atoms with van der Waals surface area (Å²) in [5.74, 6) is -0.172. The van der Waals surface area contributed by atoms with Crippen molar-refractivity contribution in [3.63, 3.8) is 0 Å². The molecule has 0 saturated carbocycles. The van der Waals surface area contributed by atoms with Gasteiger partial charge >= 0.3 is 0 Å². The number of carbonyl (C=O) groups excluding carboxylic acids is 1. The van der Waals surface area contributed by atoms with Crippen molar-refractivity contribution in [2.75, 3.05) is 6.54 Å². The van der Waals surface area contributed by atoms with E-state index in [-0.39, 0.29) is 5.91 Å². The molecule has 0 unspecified atom stereocenters. The quantitative estimate of drug-likeness (QED) is 0.922. The maximum absolute atomic E-state index is 11.9. The number of aryl methyl sites for hydroxylation is 1. The number of rotatable bonds is 4. The lowest BCUT2D eigenvalue weighted by atomic mass is 10.1. The Bertz CT molecular complexity index is 624. The van der Waals surface area contributed by atoms with Gasteiger partial charge in [-0.1, -0.05) is 29.8 Å². The Balaban J connectivity index is 1.85. The molecule has 0 radical (unpaired) electrons. The molecule has 1 aromatic heterocycles. The topological polar surface area (TPSA) is 65.8 Å². The van der Waals surface area contributed by atoms with Gasteiger partial charge in [0.1, 0.15) is 11.8 Å². The lowest BCUT2D eigenvalue weighted by Crippen LogP contribution is -2.25. The van der Waals surface area contributed by atoms with E-state index >= 15 is 0 Å². The highest BCUT2D eigenvalue weighted by atomic mass is 16.1. The van der Waals surface area contributed by atoms with Crippen molar-refractivity contribution in [2.24, 2.45) is 0 Å². The molecular weight excluding hydrogens is 250 g/mol. The second-order valence-corrected chi connectivity index (χ2v) is 4.54. The molecule has 100 valence electrons. The summed E-state index contributed by atoms with van der Waals surface area (Å²) in [6, 6.07) is 13.3. The largest absolute Gasteiger partial charge is 0.352 e. The summed E-state index contributed by atoms with van der Waals surface area (Å²) in [4.78, 5) is 15.7. The molecule has 4 heteroatoms. The molecule has 1 aromatic carbocycles. The van der Waals surface area contributed by atoms with Gasteiger partial charge in [0.2, 0.25) is 0 Å². The summed E-state index contributed by atoms with van der Waals surface area (Å²) in [5, 5.41) is 11.5. The fraction of sp³-hybridized carbons (Fsp3) is 0.188. The Morgan fingerprint density at radius 1 is 1.25 bits per heavy atom. The molecule has 20 heavy (non-hydrogen) atoms. The standard InChI is InChI=1S/C16H15N3O/c1-12-2-4-13(5-3-12)8-9-18-16(20)14-6-7-15(10-17)19-11-14/h2-7,11H,8-9H2,1H3,(H,18,20). The Hall–Kier alpha value is -2.67. The van der Waals surface area contributed by atoms with Crippen molar-refractivity contribution in [1.82, 2.24) is 10.3 Å². The van der Waals surface area contributed by atoms with Crippen molar-refractivity contribution in [1.29, 1.82) is 5.26 Å². The lowest BCUT2D eigenvalue weighted by molar-refractivity contribution is 0.0954. The number of nitrogens with one attached hydrogen (secondary N) is 1. The van der Waals surface area contributed by atoms with Crippen LogP contribution >= 0.6 is 0 Å². The summed E-state index contributed by atoms with van der Waals surface area (Å²) in [6.45, 7) is 2.62. The zero-order chi connectivity index (χ0) is 14.4. The smallest absolute Gasteiger partial charge is 0.252 e. The van der Waals surface area contributed by atoms with E-state index in [9.17, 15) is 4.79 Å². The minimum atomic E-state index is -0.172. The summed E-state index contributed by atoms with van der Waals surface area (Å²) in [6.07, 6.45) is 2.20. The van der Waals surface area contributed by atoms with Crippen molar-refractivity contribution in [2.45, 2.75) is 13.3 Å². The van der Waals surface area contributed by atoms with E-state index in [2.05, 4.69) is 34.6 Å². The first kappa shape index (κ1) is 13.8. The molecule has 1 heterocycles.